The first-order valence-electron chi connectivity index (χ1n) is 6.44. The molecule has 0 spiro atoms. The van der Waals surface area contributed by atoms with E-state index < -0.39 is 0 Å². The smallest absolute Gasteiger partial charge is 0.128 e. The molecule has 0 fully saturated rings. The Morgan fingerprint density at radius 2 is 1.90 bits per heavy atom. The van der Waals surface area contributed by atoms with Gasteiger partial charge >= 0.3 is 0 Å². The van der Waals surface area contributed by atoms with Crippen LogP contribution in [0.25, 0.3) is 0 Å². The maximum atomic E-state index is 13.4. The van der Waals surface area contributed by atoms with E-state index in [1.807, 2.05) is 30.3 Å². The predicted octanol–water partition coefficient (Wildman–Crippen LogP) is 2.76. The van der Waals surface area contributed by atoms with Gasteiger partial charge < -0.3 is 10.5 Å². The Bertz CT molecular complexity index is 614. The first-order valence-corrected chi connectivity index (χ1v) is 6.44. The van der Waals surface area contributed by atoms with E-state index in [4.69, 9.17) is 10.5 Å². The zero-order valence-corrected chi connectivity index (χ0v) is 11.1. The van der Waals surface area contributed by atoms with E-state index in [0.29, 0.717) is 17.9 Å². The highest BCUT2D eigenvalue weighted by Gasteiger charge is 2.01. The van der Waals surface area contributed by atoms with Gasteiger partial charge in [-0.15, -0.1) is 0 Å². The molecule has 0 aliphatic carbocycles. The van der Waals surface area contributed by atoms with E-state index in [-0.39, 0.29) is 12.4 Å². The summed E-state index contributed by atoms with van der Waals surface area (Å²) in [6.45, 7) is 0.748. The molecular weight excluding hydrogens is 253 g/mol. The second-order valence-corrected chi connectivity index (χ2v) is 4.27. The molecule has 0 radical (unpaired) electrons. The van der Waals surface area contributed by atoms with Crippen LogP contribution in [-0.2, 0) is 6.42 Å². The van der Waals surface area contributed by atoms with E-state index in [1.165, 1.54) is 17.7 Å². The zero-order valence-electron chi connectivity index (χ0n) is 11.1. The monoisotopic (exact) mass is 269 g/mol. The molecule has 3 heteroatoms. The van der Waals surface area contributed by atoms with E-state index >= 15 is 0 Å². The third-order valence-electron chi connectivity index (χ3n) is 2.71. The largest absolute Gasteiger partial charge is 0.493 e. The van der Waals surface area contributed by atoms with Crippen molar-refractivity contribution in [2.24, 2.45) is 5.73 Å². The van der Waals surface area contributed by atoms with Gasteiger partial charge in [0.1, 0.15) is 11.6 Å². The van der Waals surface area contributed by atoms with Gasteiger partial charge in [0.2, 0.25) is 0 Å². The second-order valence-electron chi connectivity index (χ2n) is 4.27. The van der Waals surface area contributed by atoms with Gasteiger partial charge in [-0.05, 0) is 17.7 Å². The van der Waals surface area contributed by atoms with Crippen LogP contribution >= 0.6 is 0 Å². The van der Waals surface area contributed by atoms with Crippen LogP contribution in [0, 0.1) is 17.7 Å². The van der Waals surface area contributed by atoms with E-state index in [0.717, 1.165) is 6.42 Å². The third-order valence-corrected chi connectivity index (χ3v) is 2.71. The van der Waals surface area contributed by atoms with Crippen molar-refractivity contribution in [3.63, 3.8) is 0 Å². The van der Waals surface area contributed by atoms with Crippen molar-refractivity contribution < 1.29 is 9.13 Å². The zero-order chi connectivity index (χ0) is 14.2. The van der Waals surface area contributed by atoms with Crippen LogP contribution in [-0.4, -0.2) is 13.2 Å². The molecule has 20 heavy (non-hydrogen) atoms. The summed E-state index contributed by atoms with van der Waals surface area (Å²) in [5.41, 5.74) is 7.06. The van der Waals surface area contributed by atoms with Gasteiger partial charge in [-0.1, -0.05) is 42.2 Å². The van der Waals surface area contributed by atoms with Crippen molar-refractivity contribution in [2.45, 2.75) is 6.42 Å². The highest BCUT2D eigenvalue weighted by molar-refractivity contribution is 5.40. The minimum atomic E-state index is -0.358. The third kappa shape index (κ3) is 4.42. The van der Waals surface area contributed by atoms with Gasteiger partial charge in [0.15, 0.2) is 0 Å². The predicted molar refractivity (Wildman–Crippen MR) is 78.0 cm³/mol. The molecule has 0 saturated carbocycles. The standard InChI is InChI=1S/C17H16FNO/c18-16-11-15(7-4-9-19)12-17(13-16)20-10-8-14-5-2-1-3-6-14/h1-3,5-6,11-13H,8-10,19H2. The minimum absolute atomic E-state index is 0.251. The molecule has 0 aliphatic heterocycles. The Kier molecular flexibility index (Phi) is 5.16. The average molecular weight is 269 g/mol. The maximum Gasteiger partial charge on any atom is 0.128 e. The first kappa shape index (κ1) is 14.1. The quantitative estimate of drug-likeness (QED) is 0.866. The van der Waals surface area contributed by atoms with Gasteiger partial charge in [-0.2, -0.15) is 0 Å². The fourth-order valence-electron chi connectivity index (χ4n) is 1.80. The van der Waals surface area contributed by atoms with Crippen LogP contribution in [0.4, 0.5) is 4.39 Å². The Labute approximate surface area is 118 Å². The van der Waals surface area contributed by atoms with Crippen molar-refractivity contribution in [2.75, 3.05) is 13.2 Å². The Morgan fingerprint density at radius 3 is 2.65 bits per heavy atom. The summed E-state index contributed by atoms with van der Waals surface area (Å²) in [5, 5.41) is 0. The number of benzene rings is 2. The van der Waals surface area contributed by atoms with Crippen LogP contribution in [0.1, 0.15) is 11.1 Å². The second kappa shape index (κ2) is 7.32. The molecule has 0 amide bonds. The van der Waals surface area contributed by atoms with Gasteiger partial charge in [0.25, 0.3) is 0 Å². The lowest BCUT2D eigenvalue weighted by molar-refractivity contribution is 0.320. The lowest BCUT2D eigenvalue weighted by Gasteiger charge is -2.07. The number of halogens is 1. The Hall–Kier alpha value is -2.31. The molecule has 0 aliphatic rings. The molecule has 2 nitrogen and oxygen atoms in total. The topological polar surface area (TPSA) is 35.2 Å². The molecule has 0 saturated heterocycles. The lowest BCUT2D eigenvalue weighted by atomic mass is 10.2. The van der Waals surface area contributed by atoms with E-state index in [9.17, 15) is 4.39 Å². The molecule has 0 unspecified atom stereocenters. The van der Waals surface area contributed by atoms with Crippen LogP contribution in [0.5, 0.6) is 5.75 Å². The SMILES string of the molecule is NCC#Cc1cc(F)cc(OCCc2ccccc2)c1. The summed E-state index contributed by atoms with van der Waals surface area (Å²) in [6, 6.07) is 14.5. The van der Waals surface area contributed by atoms with E-state index in [1.54, 1.807) is 6.07 Å². The molecule has 102 valence electrons. The number of hydrogen-bond donors (Lipinski definition) is 1. The lowest BCUT2D eigenvalue weighted by Crippen LogP contribution is -2.01. The van der Waals surface area contributed by atoms with Crippen molar-refractivity contribution in [1.82, 2.24) is 0 Å². The average Bonchev–Trinajstić information content (AvgIpc) is 2.46. The van der Waals surface area contributed by atoms with Crippen molar-refractivity contribution in [1.29, 1.82) is 0 Å². The number of nitrogens with two attached hydrogens (primary N) is 1. The van der Waals surface area contributed by atoms with Crippen LogP contribution in [0.3, 0.4) is 0 Å². The summed E-state index contributed by atoms with van der Waals surface area (Å²) >= 11 is 0. The van der Waals surface area contributed by atoms with Gasteiger partial charge in [0.05, 0.1) is 13.2 Å². The van der Waals surface area contributed by atoms with Gasteiger partial charge in [-0.25, -0.2) is 4.39 Å². The molecule has 0 aromatic heterocycles. The minimum Gasteiger partial charge on any atom is -0.493 e. The number of ether oxygens (including phenoxy) is 1. The summed E-state index contributed by atoms with van der Waals surface area (Å²) in [6.07, 6.45) is 0.779. The summed E-state index contributed by atoms with van der Waals surface area (Å²) in [5.74, 6) is 5.63. The first-order chi connectivity index (χ1) is 9.78. The molecule has 0 heterocycles. The highest BCUT2D eigenvalue weighted by Crippen LogP contribution is 2.16. The van der Waals surface area contributed by atoms with Crippen molar-refractivity contribution in [3.8, 4) is 17.6 Å². The molecule has 2 N–H and O–H groups in total. The molecule has 2 rings (SSSR count). The molecule has 0 bridgehead atoms. The summed E-state index contributed by atoms with van der Waals surface area (Å²) in [4.78, 5) is 0. The normalized spacial score (nSPS) is 9.70. The fraction of sp³-hybridized carbons (Fsp3) is 0.176. The maximum absolute atomic E-state index is 13.4. The van der Waals surface area contributed by atoms with Crippen LogP contribution < -0.4 is 10.5 Å². The number of rotatable bonds is 4. The van der Waals surface area contributed by atoms with E-state index in [2.05, 4.69) is 11.8 Å². The van der Waals surface area contributed by atoms with Gasteiger partial charge in [0, 0.05) is 18.1 Å². The molecule has 2 aromatic rings. The van der Waals surface area contributed by atoms with Crippen LogP contribution in [0.15, 0.2) is 48.5 Å². The molecular formula is C17H16FNO. The van der Waals surface area contributed by atoms with Crippen molar-refractivity contribution in [3.05, 3.63) is 65.5 Å². The number of hydrogen-bond acceptors (Lipinski definition) is 2. The fourth-order valence-corrected chi connectivity index (χ4v) is 1.80. The van der Waals surface area contributed by atoms with Crippen molar-refractivity contribution >= 4 is 0 Å². The Morgan fingerprint density at radius 1 is 1.10 bits per heavy atom. The molecule has 2 aromatic carbocycles. The summed E-state index contributed by atoms with van der Waals surface area (Å²) in [7, 11) is 0. The Balaban J connectivity index is 1.97. The van der Waals surface area contributed by atoms with Crippen LogP contribution in [0.2, 0.25) is 0 Å². The molecule has 0 atom stereocenters. The van der Waals surface area contributed by atoms with Gasteiger partial charge in [-0.3, -0.25) is 0 Å². The highest BCUT2D eigenvalue weighted by atomic mass is 19.1. The summed E-state index contributed by atoms with van der Waals surface area (Å²) < 4.78 is 19.0.